The van der Waals surface area contributed by atoms with Crippen molar-refractivity contribution in [2.75, 3.05) is 24.5 Å². The molecule has 0 aliphatic carbocycles. The molecule has 0 N–H and O–H groups in total. The predicted octanol–water partition coefficient (Wildman–Crippen LogP) is 3.25. The highest BCUT2D eigenvalue weighted by atomic mass is 32.1. The van der Waals surface area contributed by atoms with Crippen molar-refractivity contribution in [2.45, 2.75) is 32.7 Å². The summed E-state index contributed by atoms with van der Waals surface area (Å²) >= 11 is 1.57. The lowest BCUT2D eigenvalue weighted by Gasteiger charge is -2.16. The Bertz CT molecular complexity index is 734. The highest BCUT2D eigenvalue weighted by molar-refractivity contribution is 7.13. The van der Waals surface area contributed by atoms with Gasteiger partial charge in [-0.3, -0.25) is 9.69 Å². The number of likely N-dealkylation sites (tertiary alicyclic amines) is 1. The van der Waals surface area contributed by atoms with Crippen molar-refractivity contribution in [2.24, 2.45) is 0 Å². The Labute approximate surface area is 140 Å². The third-order valence-electron chi connectivity index (χ3n) is 4.72. The van der Waals surface area contributed by atoms with Gasteiger partial charge in [0.25, 0.3) is 5.91 Å². The summed E-state index contributed by atoms with van der Waals surface area (Å²) < 4.78 is 0. The molecule has 1 amide bonds. The summed E-state index contributed by atoms with van der Waals surface area (Å²) in [6, 6.07) is 8.20. The molecule has 1 aromatic carbocycles. The van der Waals surface area contributed by atoms with Crippen LogP contribution < -0.4 is 4.90 Å². The molecule has 4 nitrogen and oxygen atoms in total. The number of hydrogen-bond donors (Lipinski definition) is 0. The van der Waals surface area contributed by atoms with Crippen LogP contribution in [0.5, 0.6) is 0 Å². The van der Waals surface area contributed by atoms with Crippen molar-refractivity contribution < 1.29 is 4.79 Å². The Morgan fingerprint density at radius 2 is 2.00 bits per heavy atom. The topological polar surface area (TPSA) is 36.4 Å². The van der Waals surface area contributed by atoms with Crippen molar-refractivity contribution in [3.63, 3.8) is 0 Å². The summed E-state index contributed by atoms with van der Waals surface area (Å²) in [6.07, 6.45) is 3.50. The second-order valence-electron chi connectivity index (χ2n) is 6.34. The first kappa shape index (κ1) is 14.8. The van der Waals surface area contributed by atoms with E-state index >= 15 is 0 Å². The van der Waals surface area contributed by atoms with Crippen LogP contribution in [-0.4, -0.2) is 35.4 Å². The number of nitrogens with zero attached hydrogens (tertiary/aromatic N) is 3. The maximum atomic E-state index is 13.0. The number of fused-ring (bicyclic) bond motifs is 1. The van der Waals surface area contributed by atoms with Gasteiger partial charge in [0, 0.05) is 12.2 Å². The minimum Gasteiger partial charge on any atom is -0.307 e. The van der Waals surface area contributed by atoms with E-state index in [1.165, 1.54) is 18.4 Å². The van der Waals surface area contributed by atoms with Gasteiger partial charge in [-0.05, 0) is 50.9 Å². The fourth-order valence-electron chi connectivity index (χ4n) is 3.52. The number of carbonyl (C=O) groups excluding carboxylic acids is 1. The van der Waals surface area contributed by atoms with Gasteiger partial charge in [-0.25, -0.2) is 4.98 Å². The minimum atomic E-state index is 0.109. The Morgan fingerprint density at radius 1 is 1.22 bits per heavy atom. The van der Waals surface area contributed by atoms with Crippen LogP contribution in [0.15, 0.2) is 24.3 Å². The van der Waals surface area contributed by atoms with E-state index in [4.69, 9.17) is 0 Å². The van der Waals surface area contributed by atoms with Gasteiger partial charge in [-0.15, -0.1) is 11.3 Å². The predicted molar refractivity (Wildman–Crippen MR) is 93.2 cm³/mol. The number of anilines is 1. The minimum absolute atomic E-state index is 0.109. The van der Waals surface area contributed by atoms with Crippen molar-refractivity contribution in [3.8, 4) is 0 Å². The summed E-state index contributed by atoms with van der Waals surface area (Å²) in [5.41, 5.74) is 3.20. The van der Waals surface area contributed by atoms with E-state index in [-0.39, 0.29) is 5.91 Å². The molecule has 4 rings (SSSR count). The van der Waals surface area contributed by atoms with Gasteiger partial charge >= 0.3 is 0 Å². The van der Waals surface area contributed by atoms with Crippen LogP contribution >= 0.6 is 11.3 Å². The fraction of sp³-hybridized carbons (Fsp3) is 0.444. The van der Waals surface area contributed by atoms with Gasteiger partial charge in [-0.2, -0.15) is 0 Å². The number of aromatic nitrogens is 1. The van der Waals surface area contributed by atoms with Crippen LogP contribution in [-0.2, 0) is 13.0 Å². The lowest BCUT2D eigenvalue weighted by molar-refractivity contribution is 0.0992. The van der Waals surface area contributed by atoms with Crippen LogP contribution in [0.3, 0.4) is 0 Å². The maximum Gasteiger partial charge on any atom is 0.270 e. The number of carbonyl (C=O) groups is 1. The highest BCUT2D eigenvalue weighted by Gasteiger charge is 2.28. The normalized spacial score (nSPS) is 17.7. The third kappa shape index (κ3) is 2.79. The molecule has 0 spiro atoms. The summed E-state index contributed by atoms with van der Waals surface area (Å²) in [4.78, 5) is 22.8. The standard InChI is InChI=1S/C18H21N3OS/c1-13-17(23-16(19-13)12-20-9-4-5-10-20)18(22)21-11-8-14-6-2-3-7-15(14)21/h2-3,6-7H,4-5,8-12H2,1H3. The summed E-state index contributed by atoms with van der Waals surface area (Å²) in [7, 11) is 0. The summed E-state index contributed by atoms with van der Waals surface area (Å²) in [5.74, 6) is 0.109. The van der Waals surface area contributed by atoms with Crippen molar-refractivity contribution in [1.82, 2.24) is 9.88 Å². The molecule has 0 saturated carbocycles. The van der Waals surface area contributed by atoms with E-state index in [2.05, 4.69) is 16.0 Å². The van der Waals surface area contributed by atoms with E-state index in [1.807, 2.05) is 30.0 Å². The molecule has 0 unspecified atom stereocenters. The van der Waals surface area contributed by atoms with Gasteiger partial charge in [0.1, 0.15) is 9.88 Å². The molecule has 0 bridgehead atoms. The largest absolute Gasteiger partial charge is 0.307 e. The molecule has 2 aromatic rings. The van der Waals surface area contributed by atoms with Crippen molar-refractivity contribution >= 4 is 22.9 Å². The molecule has 0 radical (unpaired) electrons. The second kappa shape index (κ2) is 6.06. The van der Waals surface area contributed by atoms with Crippen LogP contribution in [0.25, 0.3) is 0 Å². The molecule has 1 saturated heterocycles. The molecular weight excluding hydrogens is 306 g/mol. The van der Waals surface area contributed by atoms with Gasteiger partial charge < -0.3 is 4.90 Å². The van der Waals surface area contributed by atoms with E-state index in [0.717, 1.165) is 53.9 Å². The Morgan fingerprint density at radius 3 is 2.83 bits per heavy atom. The Kier molecular flexibility index (Phi) is 3.91. The zero-order valence-corrected chi connectivity index (χ0v) is 14.2. The third-order valence-corrected chi connectivity index (χ3v) is 5.86. The van der Waals surface area contributed by atoms with Gasteiger partial charge in [0.2, 0.25) is 0 Å². The molecular formula is C18H21N3OS. The summed E-state index contributed by atoms with van der Waals surface area (Å²) in [6.45, 7) is 5.92. The zero-order valence-electron chi connectivity index (χ0n) is 13.4. The average Bonchev–Trinajstić information content (AvgIpc) is 3.27. The molecule has 23 heavy (non-hydrogen) atoms. The first-order valence-corrected chi connectivity index (χ1v) is 9.12. The molecule has 3 heterocycles. The van der Waals surface area contributed by atoms with E-state index in [1.54, 1.807) is 11.3 Å². The van der Waals surface area contributed by atoms with Gasteiger partial charge in [-0.1, -0.05) is 18.2 Å². The van der Waals surface area contributed by atoms with Crippen LogP contribution in [0, 0.1) is 6.92 Å². The highest BCUT2D eigenvalue weighted by Crippen LogP contribution is 2.31. The number of benzene rings is 1. The molecule has 5 heteroatoms. The summed E-state index contributed by atoms with van der Waals surface area (Å²) in [5, 5.41) is 1.07. The lowest BCUT2D eigenvalue weighted by Crippen LogP contribution is -2.28. The smallest absolute Gasteiger partial charge is 0.270 e. The lowest BCUT2D eigenvalue weighted by atomic mass is 10.2. The van der Waals surface area contributed by atoms with Gasteiger partial charge in [0.05, 0.1) is 12.2 Å². The molecule has 1 aromatic heterocycles. The SMILES string of the molecule is Cc1nc(CN2CCCC2)sc1C(=O)N1CCc2ccccc21. The number of aryl methyl sites for hydroxylation is 1. The maximum absolute atomic E-state index is 13.0. The number of rotatable bonds is 3. The van der Waals surface area contributed by atoms with E-state index in [9.17, 15) is 4.79 Å². The van der Waals surface area contributed by atoms with Crippen molar-refractivity contribution in [1.29, 1.82) is 0 Å². The van der Waals surface area contributed by atoms with E-state index < -0.39 is 0 Å². The number of amides is 1. The molecule has 2 aliphatic heterocycles. The van der Waals surface area contributed by atoms with Crippen LogP contribution in [0.1, 0.15) is 38.8 Å². The molecule has 120 valence electrons. The number of thiazole rings is 1. The van der Waals surface area contributed by atoms with Crippen LogP contribution in [0.4, 0.5) is 5.69 Å². The van der Waals surface area contributed by atoms with Gasteiger partial charge in [0.15, 0.2) is 0 Å². The first-order valence-electron chi connectivity index (χ1n) is 8.31. The molecule has 1 fully saturated rings. The molecule has 2 aliphatic rings. The Balaban J connectivity index is 1.56. The number of hydrogen-bond acceptors (Lipinski definition) is 4. The fourth-order valence-corrected chi connectivity index (χ4v) is 4.58. The first-order chi connectivity index (χ1) is 11.2. The molecule has 0 atom stereocenters. The monoisotopic (exact) mass is 327 g/mol. The number of para-hydroxylation sites is 1. The average molecular weight is 327 g/mol. The second-order valence-corrected chi connectivity index (χ2v) is 7.42. The van der Waals surface area contributed by atoms with E-state index in [0.29, 0.717) is 0 Å². The Hall–Kier alpha value is -1.72. The van der Waals surface area contributed by atoms with Crippen LogP contribution in [0.2, 0.25) is 0 Å². The van der Waals surface area contributed by atoms with Crippen molar-refractivity contribution in [3.05, 3.63) is 45.4 Å². The zero-order chi connectivity index (χ0) is 15.8. The quantitative estimate of drug-likeness (QED) is 0.868.